The maximum atomic E-state index is 12.5. The van der Waals surface area contributed by atoms with Gasteiger partial charge >= 0.3 is 0 Å². The standard InChI is InChI=1S/C17H26N2O5S/c1-13-4-5-16(24-3)15(12-13)18-17(20)14-6-8-19(9-7-14)25(21,22)11-10-23-2/h4-5,12,14H,6-11H2,1-3H3,(H,18,20). The summed E-state index contributed by atoms with van der Waals surface area (Å²) in [7, 11) is -0.276. The molecule has 1 aliphatic rings. The van der Waals surface area contributed by atoms with Gasteiger partial charge in [0.25, 0.3) is 0 Å². The van der Waals surface area contributed by atoms with Gasteiger partial charge in [0, 0.05) is 26.1 Å². The number of amides is 1. The summed E-state index contributed by atoms with van der Waals surface area (Å²) in [5.74, 6) is 0.274. The van der Waals surface area contributed by atoms with Crippen LogP contribution in [0, 0.1) is 12.8 Å². The van der Waals surface area contributed by atoms with Crippen molar-refractivity contribution in [1.82, 2.24) is 4.31 Å². The number of benzene rings is 1. The van der Waals surface area contributed by atoms with Crippen molar-refractivity contribution in [2.75, 3.05) is 45.0 Å². The van der Waals surface area contributed by atoms with Crippen molar-refractivity contribution in [3.05, 3.63) is 23.8 Å². The molecule has 7 nitrogen and oxygen atoms in total. The highest BCUT2D eigenvalue weighted by Crippen LogP contribution is 2.27. The number of methoxy groups -OCH3 is 2. The van der Waals surface area contributed by atoms with Crippen LogP contribution in [0.2, 0.25) is 0 Å². The Morgan fingerprint density at radius 1 is 1.28 bits per heavy atom. The van der Waals surface area contributed by atoms with E-state index < -0.39 is 10.0 Å². The van der Waals surface area contributed by atoms with Crippen LogP contribution in [0.25, 0.3) is 0 Å². The third-order valence-corrected chi connectivity index (χ3v) is 6.21. The molecule has 0 bridgehead atoms. The van der Waals surface area contributed by atoms with Crippen molar-refractivity contribution in [1.29, 1.82) is 0 Å². The first kappa shape index (κ1) is 19.7. The molecule has 1 aliphatic heterocycles. The minimum absolute atomic E-state index is 0.0269. The molecule has 25 heavy (non-hydrogen) atoms. The van der Waals surface area contributed by atoms with E-state index in [-0.39, 0.29) is 24.2 Å². The van der Waals surface area contributed by atoms with Gasteiger partial charge in [-0.3, -0.25) is 4.79 Å². The highest BCUT2D eigenvalue weighted by molar-refractivity contribution is 7.89. The number of hydrogen-bond acceptors (Lipinski definition) is 5. The smallest absolute Gasteiger partial charge is 0.227 e. The van der Waals surface area contributed by atoms with Crippen molar-refractivity contribution >= 4 is 21.6 Å². The van der Waals surface area contributed by atoms with E-state index in [0.29, 0.717) is 37.4 Å². The van der Waals surface area contributed by atoms with Gasteiger partial charge in [-0.15, -0.1) is 0 Å². The first-order valence-electron chi connectivity index (χ1n) is 8.29. The fraction of sp³-hybridized carbons (Fsp3) is 0.588. The molecule has 1 fully saturated rings. The number of carbonyl (C=O) groups excluding carboxylic acids is 1. The van der Waals surface area contributed by atoms with Gasteiger partial charge in [0.2, 0.25) is 15.9 Å². The second-order valence-corrected chi connectivity index (χ2v) is 8.26. The van der Waals surface area contributed by atoms with E-state index in [2.05, 4.69) is 5.32 Å². The minimum atomic E-state index is -3.31. The van der Waals surface area contributed by atoms with E-state index in [4.69, 9.17) is 9.47 Å². The van der Waals surface area contributed by atoms with Gasteiger partial charge in [-0.1, -0.05) is 6.07 Å². The van der Waals surface area contributed by atoms with Crippen molar-refractivity contribution in [3.8, 4) is 5.75 Å². The Hall–Kier alpha value is -1.64. The summed E-state index contributed by atoms with van der Waals surface area (Å²) < 4.78 is 35.9. The van der Waals surface area contributed by atoms with Gasteiger partial charge < -0.3 is 14.8 Å². The van der Waals surface area contributed by atoms with Gasteiger partial charge in [0.15, 0.2) is 0 Å². The number of ether oxygens (including phenoxy) is 2. The molecule has 0 aliphatic carbocycles. The Bertz CT molecular complexity index is 697. The maximum Gasteiger partial charge on any atom is 0.227 e. The lowest BCUT2D eigenvalue weighted by Crippen LogP contribution is -2.42. The topological polar surface area (TPSA) is 84.9 Å². The molecule has 0 atom stereocenters. The monoisotopic (exact) mass is 370 g/mol. The van der Waals surface area contributed by atoms with Gasteiger partial charge in [-0.2, -0.15) is 0 Å². The number of rotatable bonds is 7. The number of nitrogens with one attached hydrogen (secondary N) is 1. The third kappa shape index (κ3) is 5.17. The lowest BCUT2D eigenvalue weighted by atomic mass is 9.97. The third-order valence-electron chi connectivity index (χ3n) is 4.38. The lowest BCUT2D eigenvalue weighted by Gasteiger charge is -2.30. The number of hydrogen-bond donors (Lipinski definition) is 1. The second-order valence-electron chi connectivity index (χ2n) is 6.18. The van der Waals surface area contributed by atoms with Crippen LogP contribution in [0.3, 0.4) is 0 Å². The molecule has 140 valence electrons. The summed E-state index contributed by atoms with van der Waals surface area (Å²) in [4.78, 5) is 12.5. The summed E-state index contributed by atoms with van der Waals surface area (Å²) in [6.45, 7) is 2.83. The molecular formula is C17H26N2O5S. The van der Waals surface area contributed by atoms with Crippen LogP contribution in [0.5, 0.6) is 5.75 Å². The molecule has 0 spiro atoms. The van der Waals surface area contributed by atoms with Gasteiger partial charge in [-0.05, 0) is 37.5 Å². The van der Waals surface area contributed by atoms with Crippen molar-refractivity contribution < 1.29 is 22.7 Å². The molecule has 1 heterocycles. The van der Waals surface area contributed by atoms with Crippen LogP contribution in [-0.2, 0) is 19.6 Å². The van der Waals surface area contributed by atoms with E-state index in [1.807, 2.05) is 25.1 Å². The minimum Gasteiger partial charge on any atom is -0.495 e. The molecule has 1 aromatic rings. The fourth-order valence-corrected chi connectivity index (χ4v) is 4.27. The van der Waals surface area contributed by atoms with Crippen molar-refractivity contribution in [3.63, 3.8) is 0 Å². The molecule has 0 aromatic heterocycles. The van der Waals surface area contributed by atoms with Crippen LogP contribution >= 0.6 is 0 Å². The predicted octanol–water partition coefficient (Wildman–Crippen LogP) is 1.63. The zero-order valence-corrected chi connectivity index (χ0v) is 15.8. The fourth-order valence-electron chi connectivity index (χ4n) is 2.87. The number of sulfonamides is 1. The average Bonchev–Trinajstić information content (AvgIpc) is 2.60. The first-order chi connectivity index (χ1) is 11.9. The van der Waals surface area contributed by atoms with E-state index in [9.17, 15) is 13.2 Å². The molecular weight excluding hydrogens is 344 g/mol. The Balaban J connectivity index is 1.95. The average molecular weight is 370 g/mol. The zero-order chi connectivity index (χ0) is 18.4. The number of nitrogens with zero attached hydrogens (tertiary/aromatic N) is 1. The SMILES string of the molecule is COCCS(=O)(=O)N1CCC(C(=O)Nc2cc(C)ccc2OC)CC1. The Kier molecular flexibility index (Phi) is 6.80. The Morgan fingerprint density at radius 3 is 2.56 bits per heavy atom. The summed E-state index contributed by atoms with van der Waals surface area (Å²) in [6, 6.07) is 5.59. The van der Waals surface area contributed by atoms with Crippen LogP contribution in [-0.4, -0.2) is 58.3 Å². The molecule has 8 heteroatoms. The van der Waals surface area contributed by atoms with E-state index in [0.717, 1.165) is 5.56 Å². The van der Waals surface area contributed by atoms with Gasteiger partial charge in [0.1, 0.15) is 5.75 Å². The molecule has 0 saturated carbocycles. The molecule has 0 radical (unpaired) electrons. The number of piperidine rings is 1. The number of anilines is 1. The Labute approximate surface area is 149 Å². The zero-order valence-electron chi connectivity index (χ0n) is 14.9. The molecule has 2 rings (SSSR count). The molecule has 1 amide bonds. The number of carbonyl (C=O) groups is 1. The first-order valence-corrected chi connectivity index (χ1v) is 9.90. The molecule has 1 N–H and O–H groups in total. The maximum absolute atomic E-state index is 12.5. The van der Waals surface area contributed by atoms with Crippen molar-refractivity contribution in [2.24, 2.45) is 5.92 Å². The second kappa shape index (κ2) is 8.64. The summed E-state index contributed by atoms with van der Waals surface area (Å²) in [5.41, 5.74) is 1.66. The highest BCUT2D eigenvalue weighted by atomic mass is 32.2. The molecule has 1 aromatic carbocycles. The summed E-state index contributed by atoms with van der Waals surface area (Å²) in [6.07, 6.45) is 1.01. The number of aryl methyl sites for hydroxylation is 1. The van der Waals surface area contributed by atoms with Gasteiger partial charge in [0.05, 0.1) is 25.2 Å². The summed E-state index contributed by atoms with van der Waals surface area (Å²) >= 11 is 0. The van der Waals surface area contributed by atoms with Crippen LogP contribution < -0.4 is 10.1 Å². The predicted molar refractivity (Wildman–Crippen MR) is 96.3 cm³/mol. The normalized spacial score (nSPS) is 16.6. The quantitative estimate of drug-likeness (QED) is 0.788. The van der Waals surface area contributed by atoms with E-state index in [1.54, 1.807) is 7.11 Å². The summed E-state index contributed by atoms with van der Waals surface area (Å²) in [5, 5.41) is 2.91. The van der Waals surface area contributed by atoms with Crippen LogP contribution in [0.15, 0.2) is 18.2 Å². The van der Waals surface area contributed by atoms with Crippen LogP contribution in [0.4, 0.5) is 5.69 Å². The Morgan fingerprint density at radius 2 is 1.96 bits per heavy atom. The van der Waals surface area contributed by atoms with E-state index in [1.165, 1.54) is 11.4 Å². The van der Waals surface area contributed by atoms with Crippen molar-refractivity contribution in [2.45, 2.75) is 19.8 Å². The lowest BCUT2D eigenvalue weighted by molar-refractivity contribution is -0.120. The largest absolute Gasteiger partial charge is 0.495 e. The molecule has 1 saturated heterocycles. The van der Waals surface area contributed by atoms with Crippen LogP contribution in [0.1, 0.15) is 18.4 Å². The molecule has 0 unspecified atom stereocenters. The van der Waals surface area contributed by atoms with Gasteiger partial charge in [-0.25, -0.2) is 12.7 Å². The van der Waals surface area contributed by atoms with E-state index >= 15 is 0 Å². The highest BCUT2D eigenvalue weighted by Gasteiger charge is 2.31.